The molecule has 0 fully saturated rings. The van der Waals surface area contributed by atoms with Crippen molar-refractivity contribution >= 4 is 27.0 Å². The van der Waals surface area contributed by atoms with Gasteiger partial charge in [-0.15, -0.1) is 0 Å². The fraction of sp³-hybridized carbons (Fsp3) is 0.250. The van der Waals surface area contributed by atoms with E-state index in [-0.39, 0.29) is 5.75 Å². The van der Waals surface area contributed by atoms with E-state index in [0.29, 0.717) is 6.42 Å². The third kappa shape index (κ3) is 3.47. The Bertz CT molecular complexity index is 271. The lowest BCUT2D eigenvalue weighted by Crippen LogP contribution is -1.98. The lowest BCUT2D eigenvalue weighted by Gasteiger charge is -2.04. The Morgan fingerprint density at radius 1 is 1.33 bits per heavy atom. The maximum Gasteiger partial charge on any atom is 0.0175 e. The Morgan fingerprint density at radius 3 is 2.42 bits per heavy atom. The molecule has 12 heavy (non-hydrogen) atoms. The Kier molecular flexibility index (Phi) is 3.91. The minimum Gasteiger partial charge on any atom is -0.772 e. The molecule has 2 nitrogen and oxygen atoms in total. The molecular formula is C8H8BrO2S-. The molecule has 0 heterocycles. The Labute approximate surface area is 82.4 Å². The summed E-state index contributed by atoms with van der Waals surface area (Å²) in [6.07, 6.45) is 0.587. The zero-order valence-electron chi connectivity index (χ0n) is 6.33. The van der Waals surface area contributed by atoms with Crippen molar-refractivity contribution in [2.75, 3.05) is 5.75 Å². The Balaban J connectivity index is 2.53. The fourth-order valence-electron chi connectivity index (χ4n) is 0.852. The van der Waals surface area contributed by atoms with Gasteiger partial charge >= 0.3 is 0 Å². The van der Waals surface area contributed by atoms with Crippen LogP contribution in [-0.4, -0.2) is 14.5 Å². The molecule has 1 unspecified atom stereocenters. The highest BCUT2D eigenvalue weighted by Crippen LogP contribution is 2.10. The molecule has 0 saturated carbocycles. The van der Waals surface area contributed by atoms with Crippen molar-refractivity contribution in [2.45, 2.75) is 6.42 Å². The molecule has 66 valence electrons. The predicted octanol–water partition coefficient (Wildman–Crippen LogP) is 1.87. The molecule has 0 aliphatic carbocycles. The number of halogens is 1. The quantitative estimate of drug-likeness (QED) is 0.766. The number of hydrogen-bond acceptors (Lipinski definition) is 2. The summed E-state index contributed by atoms with van der Waals surface area (Å²) < 4.78 is 21.5. The monoisotopic (exact) mass is 247 g/mol. The summed E-state index contributed by atoms with van der Waals surface area (Å²) in [6, 6.07) is 7.64. The average Bonchev–Trinajstić information content (AvgIpc) is 2.03. The number of benzene rings is 1. The van der Waals surface area contributed by atoms with Gasteiger partial charge in [-0.05, 0) is 24.1 Å². The zero-order valence-corrected chi connectivity index (χ0v) is 8.73. The van der Waals surface area contributed by atoms with Crippen LogP contribution in [0.15, 0.2) is 28.7 Å². The molecule has 0 amide bonds. The first-order valence-corrected chi connectivity index (χ1v) is 5.52. The summed E-state index contributed by atoms with van der Waals surface area (Å²) in [5.41, 5.74) is 1.04. The predicted molar refractivity (Wildman–Crippen MR) is 51.6 cm³/mol. The van der Waals surface area contributed by atoms with E-state index in [1.807, 2.05) is 24.3 Å². The first-order valence-electron chi connectivity index (χ1n) is 3.49. The van der Waals surface area contributed by atoms with E-state index in [4.69, 9.17) is 0 Å². The van der Waals surface area contributed by atoms with Crippen molar-refractivity contribution in [1.82, 2.24) is 0 Å². The maximum atomic E-state index is 10.2. The van der Waals surface area contributed by atoms with Crippen molar-refractivity contribution in [1.29, 1.82) is 0 Å². The van der Waals surface area contributed by atoms with Crippen molar-refractivity contribution in [3.8, 4) is 0 Å². The highest BCUT2D eigenvalue weighted by atomic mass is 79.9. The van der Waals surface area contributed by atoms with Crippen LogP contribution in [-0.2, 0) is 17.5 Å². The molecule has 1 aromatic rings. The molecule has 0 aromatic heterocycles. The van der Waals surface area contributed by atoms with Gasteiger partial charge in [-0.1, -0.05) is 39.1 Å². The molecule has 1 atom stereocenters. The van der Waals surface area contributed by atoms with Crippen LogP contribution in [0, 0.1) is 0 Å². The van der Waals surface area contributed by atoms with E-state index in [1.54, 1.807) is 0 Å². The SMILES string of the molecule is O=S([O-])CCc1ccc(Br)cc1. The average molecular weight is 248 g/mol. The van der Waals surface area contributed by atoms with Crippen molar-refractivity contribution in [2.24, 2.45) is 0 Å². The van der Waals surface area contributed by atoms with E-state index in [0.717, 1.165) is 10.0 Å². The summed E-state index contributed by atoms with van der Waals surface area (Å²) in [7, 11) is 0. The first kappa shape index (κ1) is 9.89. The Hall–Kier alpha value is -0.190. The molecule has 0 spiro atoms. The highest BCUT2D eigenvalue weighted by Gasteiger charge is 1.92. The molecule has 0 bridgehead atoms. The van der Waals surface area contributed by atoms with E-state index in [1.165, 1.54) is 0 Å². The molecule has 1 rings (SSSR count). The second-order valence-electron chi connectivity index (χ2n) is 2.38. The van der Waals surface area contributed by atoms with Gasteiger partial charge < -0.3 is 4.55 Å². The van der Waals surface area contributed by atoms with Crippen LogP contribution >= 0.6 is 15.9 Å². The Morgan fingerprint density at radius 2 is 1.92 bits per heavy atom. The molecule has 0 N–H and O–H groups in total. The topological polar surface area (TPSA) is 40.1 Å². The lowest BCUT2D eigenvalue weighted by molar-refractivity contribution is 0.536. The largest absolute Gasteiger partial charge is 0.772 e. The summed E-state index contributed by atoms with van der Waals surface area (Å²) >= 11 is 1.37. The van der Waals surface area contributed by atoms with Crippen LogP contribution in [0.2, 0.25) is 0 Å². The highest BCUT2D eigenvalue weighted by molar-refractivity contribution is 9.10. The standard InChI is InChI=1S/C8H9BrO2S/c9-8-3-1-7(2-4-8)5-6-12(10)11/h1-4H,5-6H2,(H,10,11)/p-1. The van der Waals surface area contributed by atoms with Gasteiger partial charge in [0.2, 0.25) is 0 Å². The van der Waals surface area contributed by atoms with E-state index in [9.17, 15) is 8.76 Å². The molecular weight excluding hydrogens is 240 g/mol. The van der Waals surface area contributed by atoms with Crippen LogP contribution in [0.3, 0.4) is 0 Å². The third-order valence-corrected chi connectivity index (χ3v) is 2.54. The maximum absolute atomic E-state index is 10.2. The second kappa shape index (κ2) is 4.74. The van der Waals surface area contributed by atoms with Gasteiger partial charge in [0.15, 0.2) is 0 Å². The van der Waals surface area contributed by atoms with Gasteiger partial charge in [0.1, 0.15) is 0 Å². The van der Waals surface area contributed by atoms with Crippen molar-refractivity contribution in [3.63, 3.8) is 0 Å². The van der Waals surface area contributed by atoms with Crippen LogP contribution in [0.5, 0.6) is 0 Å². The molecule has 0 radical (unpaired) electrons. The minimum atomic E-state index is -1.93. The van der Waals surface area contributed by atoms with Gasteiger partial charge in [0.05, 0.1) is 0 Å². The van der Waals surface area contributed by atoms with Crippen LogP contribution in [0.25, 0.3) is 0 Å². The third-order valence-electron chi connectivity index (χ3n) is 1.47. The van der Waals surface area contributed by atoms with E-state index in [2.05, 4.69) is 15.9 Å². The van der Waals surface area contributed by atoms with E-state index >= 15 is 0 Å². The normalized spacial score (nSPS) is 12.8. The lowest BCUT2D eigenvalue weighted by atomic mass is 10.2. The molecule has 1 aromatic carbocycles. The van der Waals surface area contributed by atoms with Gasteiger partial charge in [0.25, 0.3) is 0 Å². The van der Waals surface area contributed by atoms with Crippen molar-refractivity contribution < 1.29 is 8.76 Å². The molecule has 0 saturated heterocycles. The minimum absolute atomic E-state index is 0.196. The summed E-state index contributed by atoms with van der Waals surface area (Å²) in [6.45, 7) is 0. The number of hydrogen-bond donors (Lipinski definition) is 0. The zero-order chi connectivity index (χ0) is 8.97. The first-order chi connectivity index (χ1) is 5.68. The number of rotatable bonds is 3. The molecule has 0 aliphatic heterocycles. The van der Waals surface area contributed by atoms with E-state index < -0.39 is 11.1 Å². The van der Waals surface area contributed by atoms with Crippen molar-refractivity contribution in [3.05, 3.63) is 34.3 Å². The number of aryl methyl sites for hydroxylation is 1. The van der Waals surface area contributed by atoms with Gasteiger partial charge in [-0.2, -0.15) is 0 Å². The van der Waals surface area contributed by atoms with Gasteiger partial charge in [-0.25, -0.2) is 0 Å². The molecule has 4 heteroatoms. The summed E-state index contributed by atoms with van der Waals surface area (Å²) in [5.74, 6) is 0.196. The van der Waals surface area contributed by atoms with Gasteiger partial charge in [-0.3, -0.25) is 4.21 Å². The fourth-order valence-corrected chi connectivity index (χ4v) is 1.52. The molecule has 0 aliphatic rings. The second-order valence-corrected chi connectivity index (χ2v) is 4.32. The van der Waals surface area contributed by atoms with Crippen LogP contribution in [0.1, 0.15) is 5.56 Å². The van der Waals surface area contributed by atoms with Crippen LogP contribution < -0.4 is 0 Å². The summed E-state index contributed by atoms with van der Waals surface area (Å²) in [5, 5.41) is 0. The van der Waals surface area contributed by atoms with Crippen LogP contribution in [0.4, 0.5) is 0 Å². The summed E-state index contributed by atoms with van der Waals surface area (Å²) in [4.78, 5) is 0. The smallest absolute Gasteiger partial charge is 0.0175 e. The van der Waals surface area contributed by atoms with Gasteiger partial charge in [0, 0.05) is 10.2 Å².